The van der Waals surface area contributed by atoms with Crippen molar-refractivity contribution in [2.24, 2.45) is 0 Å². The standard InChI is InChI=1S/C20H24N2O2/c1-4-20-21-17-9-5-6-10-18(17)22(20)12-16(23)13-24-19-11-7-8-14(2)15(19)3/h5-11,16,23H,4,12-13H2,1-3H3/t16-/m1/s1. The highest BCUT2D eigenvalue weighted by atomic mass is 16.5. The van der Waals surface area contributed by atoms with E-state index in [0.29, 0.717) is 6.54 Å². The molecule has 0 aliphatic rings. The Labute approximate surface area is 142 Å². The van der Waals surface area contributed by atoms with E-state index in [9.17, 15) is 5.11 Å². The molecule has 0 saturated carbocycles. The number of aliphatic hydroxyl groups is 1. The molecule has 3 aromatic rings. The number of aromatic nitrogens is 2. The minimum absolute atomic E-state index is 0.264. The van der Waals surface area contributed by atoms with Crippen LogP contribution in [0.15, 0.2) is 42.5 Å². The van der Waals surface area contributed by atoms with Crippen molar-refractivity contribution >= 4 is 11.0 Å². The van der Waals surface area contributed by atoms with Crippen molar-refractivity contribution in [3.8, 4) is 5.75 Å². The largest absolute Gasteiger partial charge is 0.491 e. The third-order valence-corrected chi connectivity index (χ3v) is 4.43. The maximum absolute atomic E-state index is 10.4. The van der Waals surface area contributed by atoms with Crippen LogP contribution in [0.4, 0.5) is 0 Å². The molecule has 1 heterocycles. The molecular formula is C20H24N2O2. The lowest BCUT2D eigenvalue weighted by atomic mass is 10.1. The third-order valence-electron chi connectivity index (χ3n) is 4.43. The van der Waals surface area contributed by atoms with Gasteiger partial charge in [0.15, 0.2) is 0 Å². The number of ether oxygens (including phenoxy) is 1. The number of aryl methyl sites for hydroxylation is 2. The van der Waals surface area contributed by atoms with Crippen molar-refractivity contribution < 1.29 is 9.84 Å². The van der Waals surface area contributed by atoms with E-state index in [0.717, 1.165) is 34.6 Å². The molecule has 0 saturated heterocycles. The molecule has 4 heteroatoms. The normalized spacial score (nSPS) is 12.5. The first-order valence-electron chi connectivity index (χ1n) is 8.41. The zero-order valence-electron chi connectivity index (χ0n) is 14.5. The molecule has 0 amide bonds. The zero-order valence-corrected chi connectivity index (χ0v) is 14.5. The molecule has 1 aromatic heterocycles. The number of para-hydroxylation sites is 2. The van der Waals surface area contributed by atoms with Gasteiger partial charge in [0.25, 0.3) is 0 Å². The molecule has 0 fully saturated rings. The molecular weight excluding hydrogens is 300 g/mol. The SMILES string of the molecule is CCc1nc2ccccc2n1C[C@@H](O)COc1cccc(C)c1C. The first kappa shape index (κ1) is 16.5. The van der Waals surface area contributed by atoms with Crippen LogP contribution in [0.5, 0.6) is 5.75 Å². The van der Waals surface area contributed by atoms with Crippen molar-refractivity contribution in [2.45, 2.75) is 39.8 Å². The number of benzene rings is 2. The van der Waals surface area contributed by atoms with Crippen LogP contribution in [0, 0.1) is 13.8 Å². The summed E-state index contributed by atoms with van der Waals surface area (Å²) in [5.74, 6) is 1.82. The number of rotatable bonds is 6. The molecule has 0 spiro atoms. The predicted octanol–water partition coefficient (Wildman–Crippen LogP) is 3.66. The van der Waals surface area contributed by atoms with Crippen molar-refractivity contribution in [3.63, 3.8) is 0 Å². The Kier molecular flexibility index (Phi) is 4.86. The lowest BCUT2D eigenvalue weighted by molar-refractivity contribution is 0.0924. The minimum atomic E-state index is -0.590. The maximum Gasteiger partial charge on any atom is 0.122 e. The van der Waals surface area contributed by atoms with Gasteiger partial charge in [0, 0.05) is 6.42 Å². The summed E-state index contributed by atoms with van der Waals surface area (Å²) in [5.41, 5.74) is 4.33. The second-order valence-corrected chi connectivity index (χ2v) is 6.14. The highest BCUT2D eigenvalue weighted by Gasteiger charge is 2.14. The van der Waals surface area contributed by atoms with Gasteiger partial charge < -0.3 is 14.4 Å². The van der Waals surface area contributed by atoms with E-state index in [1.165, 1.54) is 5.56 Å². The summed E-state index contributed by atoms with van der Waals surface area (Å²) >= 11 is 0. The molecule has 4 nitrogen and oxygen atoms in total. The average Bonchev–Trinajstić information content (AvgIpc) is 2.94. The summed E-state index contributed by atoms with van der Waals surface area (Å²) < 4.78 is 7.92. The summed E-state index contributed by atoms with van der Waals surface area (Å²) in [6.07, 6.45) is 0.243. The van der Waals surface area contributed by atoms with E-state index in [1.54, 1.807) is 0 Å². The summed E-state index contributed by atoms with van der Waals surface area (Å²) in [5, 5.41) is 10.4. The van der Waals surface area contributed by atoms with E-state index >= 15 is 0 Å². The summed E-state index contributed by atoms with van der Waals surface area (Å²) in [7, 11) is 0. The van der Waals surface area contributed by atoms with Crippen molar-refractivity contribution in [3.05, 3.63) is 59.4 Å². The van der Waals surface area contributed by atoms with Gasteiger partial charge in [0.2, 0.25) is 0 Å². The first-order chi connectivity index (χ1) is 11.6. The monoisotopic (exact) mass is 324 g/mol. The zero-order chi connectivity index (χ0) is 17.1. The van der Waals surface area contributed by atoms with Crippen LogP contribution < -0.4 is 4.74 Å². The van der Waals surface area contributed by atoms with Crippen molar-refractivity contribution in [1.82, 2.24) is 9.55 Å². The van der Waals surface area contributed by atoms with Crippen molar-refractivity contribution in [1.29, 1.82) is 0 Å². The molecule has 0 unspecified atom stereocenters. The van der Waals surface area contributed by atoms with Gasteiger partial charge >= 0.3 is 0 Å². The van der Waals surface area contributed by atoms with Gasteiger partial charge in [-0.1, -0.05) is 31.2 Å². The highest BCUT2D eigenvalue weighted by Crippen LogP contribution is 2.21. The van der Waals surface area contributed by atoms with Gasteiger partial charge in [-0.05, 0) is 43.2 Å². The predicted molar refractivity (Wildman–Crippen MR) is 96.5 cm³/mol. The van der Waals surface area contributed by atoms with Crippen LogP contribution in [0.25, 0.3) is 11.0 Å². The molecule has 2 aromatic carbocycles. The van der Waals surface area contributed by atoms with Crippen molar-refractivity contribution in [2.75, 3.05) is 6.61 Å². The van der Waals surface area contributed by atoms with Gasteiger partial charge in [0.05, 0.1) is 17.6 Å². The molecule has 0 radical (unpaired) electrons. The topological polar surface area (TPSA) is 47.3 Å². The summed E-state index contributed by atoms with van der Waals surface area (Å²) in [6, 6.07) is 14.0. The number of aliphatic hydroxyl groups excluding tert-OH is 1. The molecule has 0 bridgehead atoms. The van der Waals surface area contributed by atoms with Gasteiger partial charge in [-0.15, -0.1) is 0 Å². The van der Waals surface area contributed by atoms with Crippen LogP contribution in [-0.2, 0) is 13.0 Å². The van der Waals surface area contributed by atoms with Gasteiger partial charge in [-0.3, -0.25) is 0 Å². The van der Waals surface area contributed by atoms with Gasteiger partial charge in [0.1, 0.15) is 24.3 Å². The molecule has 24 heavy (non-hydrogen) atoms. The number of nitrogens with zero attached hydrogens (tertiary/aromatic N) is 2. The number of imidazole rings is 1. The Balaban J connectivity index is 1.73. The van der Waals surface area contributed by atoms with Crippen LogP contribution in [0.3, 0.4) is 0 Å². The summed E-state index contributed by atoms with van der Waals surface area (Å²) in [4.78, 5) is 4.64. The highest BCUT2D eigenvalue weighted by molar-refractivity contribution is 5.75. The van der Waals surface area contributed by atoms with E-state index in [1.807, 2.05) is 43.3 Å². The molecule has 1 atom stereocenters. The number of hydrogen-bond donors (Lipinski definition) is 1. The fourth-order valence-corrected chi connectivity index (χ4v) is 2.93. The third kappa shape index (κ3) is 3.29. The second-order valence-electron chi connectivity index (χ2n) is 6.14. The molecule has 1 N–H and O–H groups in total. The van der Waals surface area contributed by atoms with Gasteiger partial charge in [-0.25, -0.2) is 4.98 Å². The number of fused-ring (bicyclic) bond motifs is 1. The van der Waals surface area contributed by atoms with E-state index in [4.69, 9.17) is 4.74 Å². The Morgan fingerprint density at radius 1 is 1.12 bits per heavy atom. The van der Waals surface area contributed by atoms with E-state index in [-0.39, 0.29) is 6.61 Å². The molecule has 3 rings (SSSR count). The number of hydrogen-bond acceptors (Lipinski definition) is 3. The van der Waals surface area contributed by atoms with Crippen LogP contribution in [0.1, 0.15) is 23.9 Å². The Bertz CT molecular complexity index is 839. The summed E-state index contributed by atoms with van der Waals surface area (Å²) in [6.45, 7) is 6.92. The lowest BCUT2D eigenvalue weighted by Crippen LogP contribution is -2.24. The quantitative estimate of drug-likeness (QED) is 0.753. The molecule has 0 aliphatic heterocycles. The Hall–Kier alpha value is -2.33. The fraction of sp³-hybridized carbons (Fsp3) is 0.350. The smallest absolute Gasteiger partial charge is 0.122 e. The molecule has 0 aliphatic carbocycles. The van der Waals surface area contributed by atoms with E-state index in [2.05, 4.69) is 29.5 Å². The minimum Gasteiger partial charge on any atom is -0.491 e. The average molecular weight is 324 g/mol. The Morgan fingerprint density at radius 2 is 1.92 bits per heavy atom. The van der Waals surface area contributed by atoms with E-state index < -0.39 is 6.10 Å². The van der Waals surface area contributed by atoms with Gasteiger partial charge in [-0.2, -0.15) is 0 Å². The Morgan fingerprint density at radius 3 is 2.71 bits per heavy atom. The van der Waals surface area contributed by atoms with Crippen LogP contribution >= 0.6 is 0 Å². The molecule has 126 valence electrons. The van der Waals surface area contributed by atoms with Crippen LogP contribution in [-0.4, -0.2) is 27.4 Å². The fourth-order valence-electron chi connectivity index (χ4n) is 2.93. The second kappa shape index (κ2) is 7.05. The maximum atomic E-state index is 10.4. The van der Waals surface area contributed by atoms with Crippen LogP contribution in [0.2, 0.25) is 0 Å². The lowest BCUT2D eigenvalue weighted by Gasteiger charge is -2.17. The first-order valence-corrected chi connectivity index (χ1v) is 8.41.